The van der Waals surface area contributed by atoms with Gasteiger partial charge in [0.05, 0.1) is 0 Å². The second-order valence-corrected chi connectivity index (χ2v) is 5.14. The molecule has 1 fully saturated rings. The first-order chi connectivity index (χ1) is 9.60. The summed E-state index contributed by atoms with van der Waals surface area (Å²) in [5.41, 5.74) is 1.37. The molecule has 108 valence electrons. The number of nitrogens with zero attached hydrogens (tertiary/aromatic N) is 1. The quantitative estimate of drug-likeness (QED) is 0.878. The summed E-state index contributed by atoms with van der Waals surface area (Å²) in [7, 11) is 1.93. The first kappa shape index (κ1) is 14.5. The summed E-state index contributed by atoms with van der Waals surface area (Å²) in [6.07, 6.45) is 2.14. The van der Waals surface area contributed by atoms with Crippen molar-refractivity contribution in [2.45, 2.75) is 25.8 Å². The number of rotatable bonds is 3. The number of piperidine rings is 1. The molecule has 1 saturated heterocycles. The highest BCUT2D eigenvalue weighted by Crippen LogP contribution is 2.15. The maximum Gasteiger partial charge on any atom is 0.253 e. The third-order valence-corrected chi connectivity index (χ3v) is 3.57. The minimum atomic E-state index is -0.114. The van der Waals surface area contributed by atoms with Crippen LogP contribution in [0.15, 0.2) is 24.3 Å². The molecule has 20 heavy (non-hydrogen) atoms. The van der Waals surface area contributed by atoms with E-state index >= 15 is 0 Å². The number of carbonyl (C=O) groups excluding carboxylic acids is 2. The molecule has 5 nitrogen and oxygen atoms in total. The Morgan fingerprint density at radius 1 is 1.25 bits per heavy atom. The molecular weight excluding hydrogens is 254 g/mol. The lowest BCUT2D eigenvalue weighted by molar-refractivity contribution is -0.114. The Bertz CT molecular complexity index is 484. The fourth-order valence-corrected chi connectivity index (χ4v) is 2.48. The Balaban J connectivity index is 2.03. The predicted octanol–water partition coefficient (Wildman–Crippen LogP) is 1.47. The van der Waals surface area contributed by atoms with Gasteiger partial charge in [0.1, 0.15) is 0 Å². The van der Waals surface area contributed by atoms with Gasteiger partial charge in [-0.2, -0.15) is 0 Å². The van der Waals surface area contributed by atoms with Crippen molar-refractivity contribution in [2.75, 3.05) is 25.5 Å². The number of anilines is 1. The number of hydrogen-bond donors (Lipinski definition) is 2. The van der Waals surface area contributed by atoms with Crippen LogP contribution in [0.1, 0.15) is 30.1 Å². The summed E-state index contributed by atoms with van der Waals surface area (Å²) in [6, 6.07) is 7.42. The summed E-state index contributed by atoms with van der Waals surface area (Å²) in [4.78, 5) is 25.2. The van der Waals surface area contributed by atoms with Gasteiger partial charge in [-0.3, -0.25) is 9.59 Å². The SMILES string of the molecule is CNC1CCCN(C(=O)c2ccc(NC(C)=O)cc2)C1. The van der Waals surface area contributed by atoms with E-state index in [9.17, 15) is 9.59 Å². The van der Waals surface area contributed by atoms with E-state index in [4.69, 9.17) is 0 Å². The normalized spacial score (nSPS) is 18.7. The van der Waals surface area contributed by atoms with Gasteiger partial charge in [-0.15, -0.1) is 0 Å². The van der Waals surface area contributed by atoms with Crippen molar-refractivity contribution >= 4 is 17.5 Å². The molecule has 5 heteroatoms. The molecule has 0 radical (unpaired) electrons. The average Bonchev–Trinajstić information content (AvgIpc) is 2.47. The van der Waals surface area contributed by atoms with Gasteiger partial charge in [-0.25, -0.2) is 0 Å². The van der Waals surface area contributed by atoms with Crippen LogP contribution >= 0.6 is 0 Å². The molecule has 0 spiro atoms. The number of benzene rings is 1. The molecule has 1 unspecified atom stereocenters. The molecular formula is C15H21N3O2. The van der Waals surface area contributed by atoms with Crippen LogP contribution in [0.3, 0.4) is 0 Å². The van der Waals surface area contributed by atoms with Crippen LogP contribution < -0.4 is 10.6 Å². The van der Waals surface area contributed by atoms with E-state index in [0.717, 1.165) is 25.9 Å². The number of carbonyl (C=O) groups is 2. The number of likely N-dealkylation sites (N-methyl/N-ethyl adjacent to an activating group) is 1. The highest BCUT2D eigenvalue weighted by molar-refractivity contribution is 5.95. The summed E-state index contributed by atoms with van der Waals surface area (Å²) in [5, 5.41) is 5.92. The van der Waals surface area contributed by atoms with Gasteiger partial charge in [-0.1, -0.05) is 0 Å². The maximum absolute atomic E-state index is 12.4. The first-order valence-electron chi connectivity index (χ1n) is 6.94. The molecule has 0 saturated carbocycles. The van der Waals surface area contributed by atoms with Crippen molar-refractivity contribution in [1.82, 2.24) is 10.2 Å². The summed E-state index contributed by atoms with van der Waals surface area (Å²) in [5.74, 6) is -0.0590. The minimum Gasteiger partial charge on any atom is -0.337 e. The third kappa shape index (κ3) is 3.57. The average molecular weight is 275 g/mol. The van der Waals surface area contributed by atoms with Gasteiger partial charge in [0.15, 0.2) is 0 Å². The summed E-state index contributed by atoms with van der Waals surface area (Å²) >= 11 is 0. The third-order valence-electron chi connectivity index (χ3n) is 3.57. The minimum absolute atomic E-state index is 0.0549. The lowest BCUT2D eigenvalue weighted by Gasteiger charge is -2.32. The Morgan fingerprint density at radius 3 is 2.55 bits per heavy atom. The van der Waals surface area contributed by atoms with Crippen molar-refractivity contribution in [2.24, 2.45) is 0 Å². The Morgan fingerprint density at radius 2 is 1.95 bits per heavy atom. The van der Waals surface area contributed by atoms with E-state index in [-0.39, 0.29) is 11.8 Å². The molecule has 1 aromatic rings. The molecule has 1 heterocycles. The molecule has 1 atom stereocenters. The largest absolute Gasteiger partial charge is 0.337 e. The van der Waals surface area contributed by atoms with Crippen molar-refractivity contribution in [3.05, 3.63) is 29.8 Å². The van der Waals surface area contributed by atoms with Crippen molar-refractivity contribution in [1.29, 1.82) is 0 Å². The zero-order chi connectivity index (χ0) is 14.5. The predicted molar refractivity (Wildman–Crippen MR) is 78.7 cm³/mol. The smallest absolute Gasteiger partial charge is 0.253 e. The Labute approximate surface area is 119 Å². The molecule has 0 aromatic heterocycles. The highest BCUT2D eigenvalue weighted by atomic mass is 16.2. The van der Waals surface area contributed by atoms with E-state index in [0.29, 0.717) is 17.3 Å². The molecule has 1 aromatic carbocycles. The first-order valence-corrected chi connectivity index (χ1v) is 6.94. The molecule has 2 N–H and O–H groups in total. The molecule has 0 bridgehead atoms. The second-order valence-electron chi connectivity index (χ2n) is 5.14. The Hall–Kier alpha value is -1.88. The Kier molecular flexibility index (Phi) is 4.74. The van der Waals surface area contributed by atoms with Crippen LogP contribution in [0.5, 0.6) is 0 Å². The molecule has 1 aliphatic rings. The van der Waals surface area contributed by atoms with E-state index < -0.39 is 0 Å². The van der Waals surface area contributed by atoms with Gasteiger partial charge in [-0.05, 0) is 44.2 Å². The van der Waals surface area contributed by atoms with Gasteiger partial charge in [0.2, 0.25) is 5.91 Å². The maximum atomic E-state index is 12.4. The van der Waals surface area contributed by atoms with E-state index in [1.807, 2.05) is 11.9 Å². The highest BCUT2D eigenvalue weighted by Gasteiger charge is 2.23. The van der Waals surface area contributed by atoms with Crippen LogP contribution in [0.4, 0.5) is 5.69 Å². The zero-order valence-electron chi connectivity index (χ0n) is 12.0. The standard InChI is InChI=1S/C15H21N3O2/c1-11(19)17-13-7-5-12(6-8-13)15(20)18-9-3-4-14(10-18)16-2/h5-8,14,16H,3-4,9-10H2,1-2H3,(H,17,19). The lowest BCUT2D eigenvalue weighted by atomic mass is 10.0. The van der Waals surface area contributed by atoms with Crippen molar-refractivity contribution in [3.8, 4) is 0 Å². The number of likely N-dealkylation sites (tertiary alicyclic amines) is 1. The molecule has 0 aliphatic carbocycles. The fraction of sp³-hybridized carbons (Fsp3) is 0.467. The number of hydrogen-bond acceptors (Lipinski definition) is 3. The fourth-order valence-electron chi connectivity index (χ4n) is 2.48. The summed E-state index contributed by atoms with van der Waals surface area (Å²) < 4.78 is 0. The van der Waals surface area contributed by atoms with Crippen LogP contribution in [0.2, 0.25) is 0 Å². The van der Waals surface area contributed by atoms with Gasteiger partial charge < -0.3 is 15.5 Å². The molecule has 2 amide bonds. The molecule has 1 aliphatic heterocycles. The number of nitrogens with one attached hydrogen (secondary N) is 2. The van der Waals surface area contributed by atoms with E-state index in [1.54, 1.807) is 24.3 Å². The van der Waals surface area contributed by atoms with E-state index in [1.165, 1.54) is 6.92 Å². The monoisotopic (exact) mass is 275 g/mol. The van der Waals surface area contributed by atoms with Gasteiger partial charge >= 0.3 is 0 Å². The van der Waals surface area contributed by atoms with Crippen LogP contribution in [-0.2, 0) is 4.79 Å². The van der Waals surface area contributed by atoms with Gasteiger partial charge in [0.25, 0.3) is 5.91 Å². The zero-order valence-corrected chi connectivity index (χ0v) is 12.0. The van der Waals surface area contributed by atoms with Crippen LogP contribution in [0, 0.1) is 0 Å². The van der Waals surface area contributed by atoms with E-state index in [2.05, 4.69) is 10.6 Å². The van der Waals surface area contributed by atoms with Gasteiger partial charge in [0, 0.05) is 37.3 Å². The topological polar surface area (TPSA) is 61.4 Å². The van der Waals surface area contributed by atoms with Crippen molar-refractivity contribution < 1.29 is 9.59 Å². The van der Waals surface area contributed by atoms with Crippen LogP contribution in [0.25, 0.3) is 0 Å². The number of amides is 2. The molecule has 2 rings (SSSR count). The van der Waals surface area contributed by atoms with Crippen LogP contribution in [-0.4, -0.2) is 42.9 Å². The summed E-state index contributed by atoms with van der Waals surface area (Å²) in [6.45, 7) is 3.03. The van der Waals surface area contributed by atoms with Crippen molar-refractivity contribution in [3.63, 3.8) is 0 Å². The second kappa shape index (κ2) is 6.52. The lowest BCUT2D eigenvalue weighted by Crippen LogP contribution is -2.46.